The van der Waals surface area contributed by atoms with Crippen molar-refractivity contribution >= 4 is 27.6 Å². The van der Waals surface area contributed by atoms with Crippen molar-refractivity contribution in [3.63, 3.8) is 0 Å². The summed E-state index contributed by atoms with van der Waals surface area (Å²) in [5, 5.41) is 5.80. The Morgan fingerprint density at radius 3 is 2.43 bits per heavy atom. The van der Waals surface area contributed by atoms with Crippen molar-refractivity contribution in [2.24, 2.45) is 0 Å². The van der Waals surface area contributed by atoms with Gasteiger partial charge in [-0.25, -0.2) is 9.78 Å². The van der Waals surface area contributed by atoms with Crippen LogP contribution in [0.5, 0.6) is 11.6 Å². The molecule has 2 aromatic carbocycles. The highest BCUT2D eigenvalue weighted by Crippen LogP contribution is 2.35. The van der Waals surface area contributed by atoms with Crippen LogP contribution in [0.4, 0.5) is 10.5 Å². The lowest BCUT2D eigenvalue weighted by Crippen LogP contribution is -2.31. The molecule has 3 rings (SSSR count). The number of amides is 2. The Balaban J connectivity index is 1.74. The van der Waals surface area contributed by atoms with E-state index in [0.29, 0.717) is 11.6 Å². The lowest BCUT2D eigenvalue weighted by atomic mass is 9.86. The van der Waals surface area contributed by atoms with Gasteiger partial charge in [0.15, 0.2) is 0 Å². The van der Waals surface area contributed by atoms with E-state index < -0.39 is 0 Å². The number of ether oxygens (including phenoxy) is 1. The standard InChI is InChI=1S/C24H26BrN3O2/c1-16(17-11-13-18(25)14-12-17)27-23(29)28-20-9-7-15-26-22(20)30-21-10-6-5-8-19(21)24(2,3)4/h5-16H,1-4H3,(H2,27,28,29)/t16-/m0/s1. The summed E-state index contributed by atoms with van der Waals surface area (Å²) >= 11 is 3.42. The van der Waals surface area contributed by atoms with Gasteiger partial charge in [-0.3, -0.25) is 0 Å². The summed E-state index contributed by atoms with van der Waals surface area (Å²) in [6, 6.07) is 18.8. The molecule has 0 fully saturated rings. The van der Waals surface area contributed by atoms with Crippen LogP contribution in [0.25, 0.3) is 0 Å². The number of rotatable bonds is 5. The number of para-hydroxylation sites is 1. The maximum absolute atomic E-state index is 12.6. The summed E-state index contributed by atoms with van der Waals surface area (Å²) in [7, 11) is 0. The SMILES string of the molecule is C[C@H](NC(=O)Nc1cccnc1Oc1ccccc1C(C)(C)C)c1ccc(Br)cc1. The van der Waals surface area contributed by atoms with E-state index in [9.17, 15) is 4.79 Å². The molecule has 5 nitrogen and oxygen atoms in total. The van der Waals surface area contributed by atoms with Crippen LogP contribution in [0.15, 0.2) is 71.3 Å². The minimum absolute atomic E-state index is 0.0869. The van der Waals surface area contributed by atoms with Crippen molar-refractivity contribution in [3.8, 4) is 11.6 Å². The van der Waals surface area contributed by atoms with E-state index in [4.69, 9.17) is 4.74 Å². The second-order valence-corrected chi connectivity index (χ2v) is 8.99. The van der Waals surface area contributed by atoms with E-state index in [1.165, 1.54) is 0 Å². The first-order chi connectivity index (χ1) is 14.2. The maximum atomic E-state index is 12.6. The van der Waals surface area contributed by atoms with Crippen LogP contribution >= 0.6 is 15.9 Å². The van der Waals surface area contributed by atoms with Crippen LogP contribution in [0.3, 0.4) is 0 Å². The fourth-order valence-corrected chi connectivity index (χ4v) is 3.30. The predicted molar refractivity (Wildman–Crippen MR) is 124 cm³/mol. The zero-order valence-electron chi connectivity index (χ0n) is 17.6. The Labute approximate surface area is 186 Å². The summed E-state index contributed by atoms with van der Waals surface area (Å²) in [6.07, 6.45) is 1.64. The van der Waals surface area contributed by atoms with Gasteiger partial charge in [-0.05, 0) is 48.2 Å². The molecule has 6 heteroatoms. The number of halogens is 1. The molecule has 0 aliphatic carbocycles. The van der Waals surface area contributed by atoms with Crippen LogP contribution in [0.1, 0.15) is 44.9 Å². The third-order valence-corrected chi connectivity index (χ3v) is 5.17. The van der Waals surface area contributed by atoms with Crippen molar-refractivity contribution in [2.45, 2.75) is 39.2 Å². The zero-order valence-corrected chi connectivity index (χ0v) is 19.2. The third kappa shape index (κ3) is 5.60. The van der Waals surface area contributed by atoms with Gasteiger partial charge in [0.1, 0.15) is 11.4 Å². The molecule has 1 aromatic heterocycles. The zero-order chi connectivity index (χ0) is 21.7. The van der Waals surface area contributed by atoms with Crippen molar-refractivity contribution in [1.82, 2.24) is 10.3 Å². The van der Waals surface area contributed by atoms with Crippen LogP contribution in [-0.4, -0.2) is 11.0 Å². The number of hydrogen-bond acceptors (Lipinski definition) is 3. The first kappa shape index (κ1) is 21.8. The fourth-order valence-electron chi connectivity index (χ4n) is 3.04. The molecule has 0 spiro atoms. The van der Waals surface area contributed by atoms with Gasteiger partial charge in [0.25, 0.3) is 0 Å². The summed E-state index contributed by atoms with van der Waals surface area (Å²) in [5.41, 5.74) is 2.49. The number of carbonyl (C=O) groups is 1. The Hall–Kier alpha value is -2.86. The van der Waals surface area contributed by atoms with E-state index in [2.05, 4.69) is 52.3 Å². The van der Waals surface area contributed by atoms with E-state index in [-0.39, 0.29) is 17.5 Å². The maximum Gasteiger partial charge on any atom is 0.319 e. The largest absolute Gasteiger partial charge is 0.437 e. The number of carbonyl (C=O) groups excluding carboxylic acids is 1. The Kier molecular flexibility index (Phi) is 6.77. The highest BCUT2D eigenvalue weighted by Gasteiger charge is 2.20. The van der Waals surface area contributed by atoms with Crippen LogP contribution in [0, 0.1) is 0 Å². The van der Waals surface area contributed by atoms with Gasteiger partial charge in [-0.2, -0.15) is 0 Å². The number of nitrogens with one attached hydrogen (secondary N) is 2. The number of urea groups is 1. The van der Waals surface area contributed by atoms with Gasteiger partial charge in [-0.15, -0.1) is 0 Å². The highest BCUT2D eigenvalue weighted by molar-refractivity contribution is 9.10. The quantitative estimate of drug-likeness (QED) is 0.432. The Bertz CT molecular complexity index is 1010. The number of benzene rings is 2. The lowest BCUT2D eigenvalue weighted by Gasteiger charge is -2.23. The van der Waals surface area contributed by atoms with Gasteiger partial charge in [0, 0.05) is 16.2 Å². The molecule has 156 valence electrons. The van der Waals surface area contributed by atoms with Gasteiger partial charge in [0.05, 0.1) is 6.04 Å². The second-order valence-electron chi connectivity index (χ2n) is 8.08. The summed E-state index contributed by atoms with van der Waals surface area (Å²) < 4.78 is 7.11. The molecule has 0 bridgehead atoms. The third-order valence-electron chi connectivity index (χ3n) is 4.64. The minimum Gasteiger partial charge on any atom is -0.437 e. The van der Waals surface area contributed by atoms with Gasteiger partial charge in [-0.1, -0.05) is 67.0 Å². The number of anilines is 1. The minimum atomic E-state index is -0.327. The van der Waals surface area contributed by atoms with E-state index in [1.54, 1.807) is 18.3 Å². The molecule has 30 heavy (non-hydrogen) atoms. The fraction of sp³-hybridized carbons (Fsp3) is 0.250. The van der Waals surface area contributed by atoms with E-state index in [1.807, 2.05) is 55.5 Å². The topological polar surface area (TPSA) is 63.2 Å². The van der Waals surface area contributed by atoms with Gasteiger partial charge < -0.3 is 15.4 Å². The molecule has 1 heterocycles. The molecule has 0 saturated heterocycles. The monoisotopic (exact) mass is 467 g/mol. The molecule has 1 atom stereocenters. The van der Waals surface area contributed by atoms with Crippen LogP contribution < -0.4 is 15.4 Å². The Morgan fingerprint density at radius 1 is 1.03 bits per heavy atom. The van der Waals surface area contributed by atoms with Crippen molar-refractivity contribution < 1.29 is 9.53 Å². The molecule has 3 aromatic rings. The molecule has 0 aliphatic heterocycles. The average molecular weight is 468 g/mol. The Morgan fingerprint density at radius 2 is 1.73 bits per heavy atom. The van der Waals surface area contributed by atoms with Gasteiger partial charge in [0.2, 0.25) is 5.88 Å². The van der Waals surface area contributed by atoms with Crippen LogP contribution in [0.2, 0.25) is 0 Å². The highest BCUT2D eigenvalue weighted by atomic mass is 79.9. The molecule has 0 radical (unpaired) electrons. The molecule has 2 N–H and O–H groups in total. The summed E-state index contributed by atoms with van der Waals surface area (Å²) in [6.45, 7) is 8.32. The average Bonchev–Trinajstić information content (AvgIpc) is 2.69. The number of nitrogens with zero attached hydrogens (tertiary/aromatic N) is 1. The molecule has 2 amide bonds. The first-order valence-electron chi connectivity index (χ1n) is 9.79. The summed E-state index contributed by atoms with van der Waals surface area (Å²) in [5.74, 6) is 1.07. The predicted octanol–water partition coefficient (Wildman–Crippen LogP) is 6.82. The van der Waals surface area contributed by atoms with Crippen LogP contribution in [-0.2, 0) is 5.41 Å². The second kappa shape index (κ2) is 9.30. The van der Waals surface area contributed by atoms with Gasteiger partial charge >= 0.3 is 6.03 Å². The first-order valence-corrected chi connectivity index (χ1v) is 10.6. The molecule has 0 saturated carbocycles. The summed E-state index contributed by atoms with van der Waals surface area (Å²) in [4.78, 5) is 16.9. The normalized spacial score (nSPS) is 12.2. The smallest absolute Gasteiger partial charge is 0.319 e. The number of hydrogen-bond donors (Lipinski definition) is 2. The van der Waals surface area contributed by atoms with E-state index >= 15 is 0 Å². The van der Waals surface area contributed by atoms with Crippen molar-refractivity contribution in [2.75, 3.05) is 5.32 Å². The number of pyridine rings is 1. The van der Waals surface area contributed by atoms with E-state index in [0.717, 1.165) is 21.3 Å². The number of aromatic nitrogens is 1. The lowest BCUT2D eigenvalue weighted by molar-refractivity contribution is 0.249. The molecular formula is C24H26BrN3O2. The molecular weight excluding hydrogens is 442 g/mol. The van der Waals surface area contributed by atoms with Crippen molar-refractivity contribution in [3.05, 3.63) is 82.5 Å². The molecule has 0 aliphatic rings. The van der Waals surface area contributed by atoms with Crippen molar-refractivity contribution in [1.29, 1.82) is 0 Å². The molecule has 0 unspecified atom stereocenters.